The van der Waals surface area contributed by atoms with Crippen molar-refractivity contribution in [1.82, 2.24) is 0 Å². The number of hydrogen-bond donors (Lipinski definition) is 0. The van der Waals surface area contributed by atoms with E-state index in [4.69, 9.17) is 16.3 Å². The fourth-order valence-electron chi connectivity index (χ4n) is 0.987. The van der Waals surface area contributed by atoms with Crippen LogP contribution in [0.4, 0.5) is 0 Å². The Hall–Kier alpha value is 0.190. The molecule has 0 saturated carbocycles. The van der Waals surface area contributed by atoms with E-state index in [2.05, 4.69) is 38.5 Å². The second-order valence-electron chi connectivity index (χ2n) is 2.52. The molecule has 0 unspecified atom stereocenters. The third kappa shape index (κ3) is 2.61. The lowest BCUT2D eigenvalue weighted by atomic mass is 10.1. The molecule has 0 spiro atoms. The van der Waals surface area contributed by atoms with Gasteiger partial charge in [-0.3, -0.25) is 4.79 Å². The zero-order valence-corrected chi connectivity index (χ0v) is 11.8. The molecule has 0 aliphatic heterocycles. The monoisotopic (exact) mass is 388 g/mol. The van der Waals surface area contributed by atoms with E-state index in [-0.39, 0.29) is 11.1 Å². The van der Waals surface area contributed by atoms with Gasteiger partial charge in [0.1, 0.15) is 5.75 Å². The highest BCUT2D eigenvalue weighted by Crippen LogP contribution is 2.28. The summed E-state index contributed by atoms with van der Waals surface area (Å²) in [7, 11) is 1.52. The molecule has 1 aromatic carbocycles. The molecule has 0 bridgehead atoms. The van der Waals surface area contributed by atoms with Crippen LogP contribution >= 0.6 is 50.1 Å². The highest BCUT2D eigenvalue weighted by Gasteiger charge is 2.13. The molecule has 1 aromatic rings. The van der Waals surface area contributed by atoms with Crippen LogP contribution in [-0.2, 0) is 0 Å². The Morgan fingerprint density at radius 2 is 2.29 bits per heavy atom. The molecule has 1 rings (SSSR count). The van der Waals surface area contributed by atoms with Gasteiger partial charge in [0.15, 0.2) is 5.78 Å². The van der Waals surface area contributed by atoms with Gasteiger partial charge >= 0.3 is 0 Å². The first kappa shape index (κ1) is 12.3. The first-order chi connectivity index (χ1) is 6.60. The molecular formula is C9H7BrClIO2. The zero-order chi connectivity index (χ0) is 10.7. The highest BCUT2D eigenvalue weighted by atomic mass is 127. The van der Waals surface area contributed by atoms with Crippen molar-refractivity contribution >= 4 is 55.9 Å². The average molecular weight is 389 g/mol. The van der Waals surface area contributed by atoms with E-state index < -0.39 is 0 Å². The van der Waals surface area contributed by atoms with Gasteiger partial charge in [0.2, 0.25) is 0 Å². The van der Waals surface area contributed by atoms with E-state index in [1.54, 1.807) is 12.1 Å². The van der Waals surface area contributed by atoms with Gasteiger partial charge in [0.05, 0.1) is 23.0 Å². The lowest BCUT2D eigenvalue weighted by Crippen LogP contribution is -2.03. The Morgan fingerprint density at radius 1 is 1.64 bits per heavy atom. The van der Waals surface area contributed by atoms with E-state index in [1.165, 1.54) is 7.11 Å². The summed E-state index contributed by atoms with van der Waals surface area (Å²) < 4.78 is 5.92. The maximum Gasteiger partial charge on any atom is 0.177 e. The fourth-order valence-corrected chi connectivity index (χ4v) is 1.91. The summed E-state index contributed by atoms with van der Waals surface area (Å²) in [4.78, 5) is 11.5. The maximum atomic E-state index is 11.5. The quantitative estimate of drug-likeness (QED) is 0.449. The van der Waals surface area contributed by atoms with Gasteiger partial charge in [-0.05, 0) is 28.7 Å². The van der Waals surface area contributed by atoms with Crippen molar-refractivity contribution < 1.29 is 9.53 Å². The van der Waals surface area contributed by atoms with Crippen LogP contribution in [0, 0.1) is 3.57 Å². The van der Waals surface area contributed by atoms with Gasteiger partial charge in [0, 0.05) is 9.64 Å². The Labute approximate surface area is 109 Å². The van der Waals surface area contributed by atoms with Crippen LogP contribution in [0.15, 0.2) is 12.1 Å². The number of ether oxygens (including phenoxy) is 1. The summed E-state index contributed by atoms with van der Waals surface area (Å²) in [5.74, 6) is 0.497. The molecule has 0 heterocycles. The Balaban J connectivity index is 3.27. The van der Waals surface area contributed by atoms with Crippen molar-refractivity contribution in [3.63, 3.8) is 0 Å². The molecule has 0 fully saturated rings. The SMILES string of the molecule is COc1cc(Cl)c(I)cc1C(=O)CBr. The van der Waals surface area contributed by atoms with Crippen molar-refractivity contribution in [2.45, 2.75) is 0 Å². The number of carbonyl (C=O) groups excluding carboxylic acids is 1. The van der Waals surface area contributed by atoms with Crippen molar-refractivity contribution in [1.29, 1.82) is 0 Å². The zero-order valence-electron chi connectivity index (χ0n) is 7.31. The first-order valence-corrected chi connectivity index (χ1v) is 6.30. The minimum Gasteiger partial charge on any atom is -0.496 e. The molecule has 0 aliphatic carbocycles. The summed E-state index contributed by atoms with van der Waals surface area (Å²) in [6.07, 6.45) is 0. The number of rotatable bonds is 3. The molecule has 0 radical (unpaired) electrons. The molecule has 0 saturated heterocycles. The van der Waals surface area contributed by atoms with E-state index >= 15 is 0 Å². The molecular weight excluding hydrogens is 382 g/mol. The van der Waals surface area contributed by atoms with Crippen molar-refractivity contribution in [3.8, 4) is 5.75 Å². The Kier molecular flexibility index (Phi) is 4.66. The third-order valence-corrected chi connectivity index (χ3v) is 3.70. The highest BCUT2D eigenvalue weighted by molar-refractivity contribution is 14.1. The largest absolute Gasteiger partial charge is 0.496 e. The van der Waals surface area contributed by atoms with Crippen LogP contribution in [0.5, 0.6) is 5.75 Å². The molecule has 0 amide bonds. The van der Waals surface area contributed by atoms with Crippen molar-refractivity contribution in [2.75, 3.05) is 12.4 Å². The number of hydrogen-bond acceptors (Lipinski definition) is 2. The number of alkyl halides is 1. The smallest absolute Gasteiger partial charge is 0.177 e. The van der Waals surface area contributed by atoms with Crippen LogP contribution in [-0.4, -0.2) is 18.2 Å². The fraction of sp³-hybridized carbons (Fsp3) is 0.222. The summed E-state index contributed by atoms with van der Waals surface area (Å²) >= 11 is 11.1. The van der Waals surface area contributed by atoms with Crippen LogP contribution < -0.4 is 4.74 Å². The van der Waals surface area contributed by atoms with Gasteiger partial charge < -0.3 is 4.74 Å². The minimum atomic E-state index is -0.0172. The van der Waals surface area contributed by atoms with Crippen LogP contribution in [0.25, 0.3) is 0 Å². The van der Waals surface area contributed by atoms with Gasteiger partial charge in [-0.1, -0.05) is 27.5 Å². The summed E-state index contributed by atoms with van der Waals surface area (Å²) in [6, 6.07) is 3.38. The van der Waals surface area contributed by atoms with Crippen molar-refractivity contribution in [2.24, 2.45) is 0 Å². The van der Waals surface area contributed by atoms with Gasteiger partial charge in [-0.25, -0.2) is 0 Å². The number of ketones is 1. The lowest BCUT2D eigenvalue weighted by molar-refractivity contribution is 0.102. The number of Topliss-reactive ketones (excluding diaryl/α,β-unsaturated/α-hetero) is 1. The number of benzene rings is 1. The topological polar surface area (TPSA) is 26.3 Å². The minimum absolute atomic E-state index is 0.0172. The van der Waals surface area contributed by atoms with Crippen LogP contribution in [0.3, 0.4) is 0 Å². The van der Waals surface area contributed by atoms with Crippen LogP contribution in [0.1, 0.15) is 10.4 Å². The van der Waals surface area contributed by atoms with E-state index in [1.807, 2.05) is 0 Å². The normalized spacial score (nSPS) is 10.0. The van der Waals surface area contributed by atoms with E-state index in [0.717, 1.165) is 3.57 Å². The number of halogens is 3. The third-order valence-electron chi connectivity index (χ3n) is 1.66. The van der Waals surface area contributed by atoms with E-state index in [9.17, 15) is 4.79 Å². The van der Waals surface area contributed by atoms with Crippen molar-refractivity contribution in [3.05, 3.63) is 26.3 Å². The molecule has 76 valence electrons. The van der Waals surface area contributed by atoms with Gasteiger partial charge in [-0.15, -0.1) is 0 Å². The molecule has 5 heteroatoms. The number of methoxy groups -OCH3 is 1. The van der Waals surface area contributed by atoms with Gasteiger partial charge in [0.25, 0.3) is 0 Å². The average Bonchev–Trinajstić information content (AvgIpc) is 2.20. The molecule has 2 nitrogen and oxygen atoms in total. The molecule has 0 atom stereocenters. The van der Waals surface area contributed by atoms with E-state index in [0.29, 0.717) is 16.3 Å². The molecule has 14 heavy (non-hydrogen) atoms. The second kappa shape index (κ2) is 5.32. The standard InChI is InChI=1S/C9H7BrClIO2/c1-14-9-3-6(11)7(12)2-5(9)8(13)4-10/h2-3H,4H2,1H3. The molecule has 0 aliphatic rings. The van der Waals surface area contributed by atoms with Gasteiger partial charge in [-0.2, -0.15) is 0 Å². The molecule has 0 N–H and O–H groups in total. The lowest BCUT2D eigenvalue weighted by Gasteiger charge is -2.07. The first-order valence-electron chi connectivity index (χ1n) is 3.72. The summed E-state index contributed by atoms with van der Waals surface area (Å²) in [5.41, 5.74) is 0.554. The van der Waals surface area contributed by atoms with Crippen LogP contribution in [0.2, 0.25) is 5.02 Å². The predicted octanol–water partition coefficient (Wildman–Crippen LogP) is 3.53. The predicted molar refractivity (Wildman–Crippen MR) is 68.8 cm³/mol. The molecule has 0 aromatic heterocycles. The summed E-state index contributed by atoms with van der Waals surface area (Å²) in [5, 5.41) is 0.870. The Morgan fingerprint density at radius 3 is 2.79 bits per heavy atom. The second-order valence-corrected chi connectivity index (χ2v) is 4.65. The summed E-state index contributed by atoms with van der Waals surface area (Å²) in [6.45, 7) is 0. The Bertz CT molecular complexity index is 368. The number of carbonyl (C=O) groups is 1. The maximum absolute atomic E-state index is 11.5.